The molecule has 0 saturated carbocycles. The first-order valence-electron chi connectivity index (χ1n) is 6.00. The molecular formula is C13H13ClN6. The summed E-state index contributed by atoms with van der Waals surface area (Å²) in [7, 11) is 3.76. The predicted octanol–water partition coefficient (Wildman–Crippen LogP) is 2.12. The molecule has 2 aromatic heterocycles. The molecule has 3 aromatic rings. The Bertz CT molecular complexity index is 780. The third-order valence-corrected chi connectivity index (χ3v) is 3.11. The van der Waals surface area contributed by atoms with Crippen molar-refractivity contribution in [2.24, 2.45) is 0 Å². The van der Waals surface area contributed by atoms with E-state index in [4.69, 9.17) is 17.3 Å². The Morgan fingerprint density at radius 2 is 2.05 bits per heavy atom. The number of nitrogen functional groups attached to an aromatic ring is 1. The number of imidazole rings is 1. The first-order chi connectivity index (χ1) is 9.56. The highest BCUT2D eigenvalue weighted by Gasteiger charge is 2.13. The van der Waals surface area contributed by atoms with Gasteiger partial charge in [-0.15, -0.1) is 0 Å². The zero-order chi connectivity index (χ0) is 14.3. The molecule has 2 heterocycles. The van der Waals surface area contributed by atoms with Gasteiger partial charge in [-0.3, -0.25) is 4.57 Å². The average Bonchev–Trinajstić information content (AvgIpc) is 2.73. The lowest BCUT2D eigenvalue weighted by Gasteiger charge is -2.10. The van der Waals surface area contributed by atoms with Gasteiger partial charge < -0.3 is 10.6 Å². The number of rotatable bonds is 2. The van der Waals surface area contributed by atoms with Crippen LogP contribution in [0.5, 0.6) is 0 Å². The highest BCUT2D eigenvalue weighted by Crippen LogP contribution is 2.24. The SMILES string of the molecule is CN(C)c1ncc2nc(N)n(-c3cccc(Cl)c3)c2n1. The molecule has 0 aliphatic carbocycles. The second kappa shape index (κ2) is 4.64. The Balaban J connectivity index is 2.28. The van der Waals surface area contributed by atoms with E-state index in [0.29, 0.717) is 28.1 Å². The summed E-state index contributed by atoms with van der Waals surface area (Å²) in [5.41, 5.74) is 8.11. The molecule has 20 heavy (non-hydrogen) atoms. The molecule has 0 aliphatic rings. The Morgan fingerprint density at radius 1 is 1.25 bits per heavy atom. The van der Waals surface area contributed by atoms with E-state index < -0.39 is 0 Å². The number of fused-ring (bicyclic) bond motifs is 1. The molecule has 0 radical (unpaired) electrons. The van der Waals surface area contributed by atoms with Crippen LogP contribution < -0.4 is 10.6 Å². The zero-order valence-electron chi connectivity index (χ0n) is 11.1. The molecule has 0 bridgehead atoms. The van der Waals surface area contributed by atoms with E-state index >= 15 is 0 Å². The fourth-order valence-corrected chi connectivity index (χ4v) is 2.15. The number of aromatic nitrogens is 4. The van der Waals surface area contributed by atoms with Gasteiger partial charge in [0.1, 0.15) is 5.52 Å². The van der Waals surface area contributed by atoms with Crippen molar-refractivity contribution in [1.82, 2.24) is 19.5 Å². The molecule has 0 saturated heterocycles. The molecule has 3 rings (SSSR count). The molecule has 0 unspecified atom stereocenters. The summed E-state index contributed by atoms with van der Waals surface area (Å²) in [6, 6.07) is 7.38. The third-order valence-electron chi connectivity index (χ3n) is 2.88. The highest BCUT2D eigenvalue weighted by molar-refractivity contribution is 6.30. The van der Waals surface area contributed by atoms with E-state index in [9.17, 15) is 0 Å². The van der Waals surface area contributed by atoms with E-state index in [1.807, 2.05) is 37.2 Å². The van der Waals surface area contributed by atoms with Crippen LogP contribution in [-0.2, 0) is 0 Å². The van der Waals surface area contributed by atoms with Crippen LogP contribution in [0.3, 0.4) is 0 Å². The molecule has 6 nitrogen and oxygen atoms in total. The minimum absolute atomic E-state index is 0.354. The molecule has 2 N–H and O–H groups in total. The van der Waals surface area contributed by atoms with Gasteiger partial charge in [0.2, 0.25) is 11.9 Å². The fourth-order valence-electron chi connectivity index (χ4n) is 1.97. The summed E-state index contributed by atoms with van der Waals surface area (Å²) in [5.74, 6) is 0.952. The molecule has 102 valence electrons. The summed E-state index contributed by atoms with van der Waals surface area (Å²) < 4.78 is 1.76. The second-order valence-corrected chi connectivity index (χ2v) is 4.99. The minimum Gasteiger partial charge on any atom is -0.369 e. The van der Waals surface area contributed by atoms with Crippen molar-refractivity contribution >= 4 is 34.7 Å². The van der Waals surface area contributed by atoms with Gasteiger partial charge in [-0.1, -0.05) is 17.7 Å². The molecule has 1 aromatic carbocycles. The van der Waals surface area contributed by atoms with Crippen molar-refractivity contribution in [3.05, 3.63) is 35.5 Å². The molecule has 7 heteroatoms. The Kier molecular flexibility index (Phi) is 2.94. The average molecular weight is 289 g/mol. The largest absolute Gasteiger partial charge is 0.369 e. The van der Waals surface area contributed by atoms with Crippen LogP contribution >= 0.6 is 11.6 Å². The molecule has 0 spiro atoms. The van der Waals surface area contributed by atoms with Gasteiger partial charge in [-0.25, -0.2) is 9.97 Å². The highest BCUT2D eigenvalue weighted by atomic mass is 35.5. The summed E-state index contributed by atoms with van der Waals surface area (Å²) >= 11 is 6.03. The van der Waals surface area contributed by atoms with Crippen LogP contribution in [-0.4, -0.2) is 33.6 Å². The van der Waals surface area contributed by atoms with Gasteiger partial charge in [0.05, 0.1) is 11.9 Å². The number of hydrogen-bond donors (Lipinski definition) is 1. The van der Waals surface area contributed by atoms with Crippen molar-refractivity contribution < 1.29 is 0 Å². The Morgan fingerprint density at radius 3 is 2.75 bits per heavy atom. The lowest BCUT2D eigenvalue weighted by Crippen LogP contribution is -2.13. The Hall–Kier alpha value is -2.34. The number of hydrogen-bond acceptors (Lipinski definition) is 5. The van der Waals surface area contributed by atoms with Crippen LogP contribution in [0.2, 0.25) is 5.02 Å². The number of nitrogens with zero attached hydrogens (tertiary/aromatic N) is 5. The van der Waals surface area contributed by atoms with Gasteiger partial charge in [0.25, 0.3) is 0 Å². The third kappa shape index (κ3) is 2.04. The van der Waals surface area contributed by atoms with Crippen molar-refractivity contribution in [3.63, 3.8) is 0 Å². The Labute approximate surface area is 120 Å². The number of benzene rings is 1. The normalized spacial score (nSPS) is 10.9. The maximum Gasteiger partial charge on any atom is 0.226 e. The molecule has 0 aliphatic heterocycles. The van der Waals surface area contributed by atoms with Crippen LogP contribution in [0.15, 0.2) is 30.5 Å². The minimum atomic E-state index is 0.354. The van der Waals surface area contributed by atoms with E-state index in [2.05, 4.69) is 15.0 Å². The number of halogens is 1. The van der Waals surface area contributed by atoms with Crippen molar-refractivity contribution in [3.8, 4) is 5.69 Å². The van der Waals surface area contributed by atoms with E-state index in [1.165, 1.54) is 0 Å². The standard InChI is InChI=1S/C13H13ClN6/c1-19(2)13-16-7-10-11(18-13)20(12(15)17-10)9-5-3-4-8(14)6-9/h3-7H,1-2H3,(H2,15,17). The van der Waals surface area contributed by atoms with Crippen LogP contribution in [0.25, 0.3) is 16.9 Å². The predicted molar refractivity (Wildman–Crippen MR) is 80.4 cm³/mol. The summed E-state index contributed by atoms with van der Waals surface area (Å²) in [6.07, 6.45) is 1.66. The quantitative estimate of drug-likeness (QED) is 0.782. The van der Waals surface area contributed by atoms with Crippen LogP contribution in [0, 0.1) is 0 Å². The molecule has 0 atom stereocenters. The molecular weight excluding hydrogens is 276 g/mol. The molecule has 0 amide bonds. The molecule has 0 fully saturated rings. The fraction of sp³-hybridized carbons (Fsp3) is 0.154. The lowest BCUT2D eigenvalue weighted by atomic mass is 10.3. The van der Waals surface area contributed by atoms with Crippen LogP contribution in [0.1, 0.15) is 0 Å². The van der Waals surface area contributed by atoms with E-state index in [0.717, 1.165) is 5.69 Å². The first kappa shape index (κ1) is 12.7. The first-order valence-corrected chi connectivity index (χ1v) is 6.38. The van der Waals surface area contributed by atoms with Crippen molar-refractivity contribution in [2.75, 3.05) is 24.7 Å². The van der Waals surface area contributed by atoms with E-state index in [-0.39, 0.29) is 0 Å². The monoisotopic (exact) mass is 288 g/mol. The van der Waals surface area contributed by atoms with E-state index in [1.54, 1.807) is 16.8 Å². The van der Waals surface area contributed by atoms with Gasteiger partial charge in [-0.2, -0.15) is 4.98 Å². The number of anilines is 2. The van der Waals surface area contributed by atoms with Gasteiger partial charge in [0, 0.05) is 19.1 Å². The van der Waals surface area contributed by atoms with Crippen molar-refractivity contribution in [1.29, 1.82) is 0 Å². The van der Waals surface area contributed by atoms with Gasteiger partial charge in [0.15, 0.2) is 5.65 Å². The van der Waals surface area contributed by atoms with Crippen molar-refractivity contribution in [2.45, 2.75) is 0 Å². The maximum absolute atomic E-state index is 6.03. The van der Waals surface area contributed by atoms with Gasteiger partial charge >= 0.3 is 0 Å². The lowest BCUT2D eigenvalue weighted by molar-refractivity contribution is 0.997. The zero-order valence-corrected chi connectivity index (χ0v) is 11.8. The number of nitrogens with two attached hydrogens (primary N) is 1. The summed E-state index contributed by atoms with van der Waals surface area (Å²) in [5, 5.41) is 0.630. The van der Waals surface area contributed by atoms with Crippen LogP contribution in [0.4, 0.5) is 11.9 Å². The summed E-state index contributed by atoms with van der Waals surface area (Å²) in [6.45, 7) is 0. The second-order valence-electron chi connectivity index (χ2n) is 4.56. The van der Waals surface area contributed by atoms with Gasteiger partial charge in [-0.05, 0) is 18.2 Å². The maximum atomic E-state index is 6.03. The smallest absolute Gasteiger partial charge is 0.226 e. The topological polar surface area (TPSA) is 72.9 Å². The summed E-state index contributed by atoms with van der Waals surface area (Å²) in [4.78, 5) is 14.8.